The van der Waals surface area contributed by atoms with E-state index < -0.39 is 16.1 Å². The van der Waals surface area contributed by atoms with Crippen LogP contribution in [0.2, 0.25) is 0 Å². The summed E-state index contributed by atoms with van der Waals surface area (Å²) in [5.41, 5.74) is 0.733. The second-order valence-corrected chi connectivity index (χ2v) is 6.99. The molecule has 0 aliphatic heterocycles. The van der Waals surface area contributed by atoms with Gasteiger partial charge in [0.1, 0.15) is 16.1 Å². The molecule has 1 aromatic rings. The molecule has 1 aromatic carbocycles. The van der Waals surface area contributed by atoms with Gasteiger partial charge in [-0.25, -0.2) is 0 Å². The molecule has 0 heterocycles. The van der Waals surface area contributed by atoms with Crippen molar-refractivity contribution >= 4 is 17.6 Å². The molecule has 0 radical (unpaired) electrons. The maximum absolute atomic E-state index is 11.9. The molecular formula is C14H21NO4S. The van der Waals surface area contributed by atoms with E-state index in [1.165, 1.54) is 0 Å². The average Bonchev–Trinajstić information content (AvgIpc) is 2.42. The second kappa shape index (κ2) is 6.85. The van der Waals surface area contributed by atoms with Gasteiger partial charge in [0, 0.05) is 5.56 Å². The largest absolute Gasteiger partial charge is 0.591 e. The first kappa shape index (κ1) is 16.7. The summed E-state index contributed by atoms with van der Waals surface area (Å²) in [5, 5.41) is 0. The van der Waals surface area contributed by atoms with Crippen LogP contribution in [0.15, 0.2) is 16.5 Å². The summed E-state index contributed by atoms with van der Waals surface area (Å²) in [6.07, 6.45) is 1.55. The highest BCUT2D eigenvalue weighted by Gasteiger charge is 2.25. The van der Waals surface area contributed by atoms with Crippen LogP contribution >= 0.6 is 0 Å². The van der Waals surface area contributed by atoms with Gasteiger partial charge in [0.05, 0.1) is 27.5 Å². The Kier molecular flexibility index (Phi) is 5.71. The molecule has 0 bridgehead atoms. The monoisotopic (exact) mass is 299 g/mol. The van der Waals surface area contributed by atoms with Crippen molar-refractivity contribution in [1.82, 2.24) is 0 Å². The molecule has 0 spiro atoms. The summed E-state index contributed by atoms with van der Waals surface area (Å²) in [6, 6.07) is 3.51. The van der Waals surface area contributed by atoms with E-state index in [9.17, 15) is 4.55 Å². The number of benzene rings is 1. The lowest BCUT2D eigenvalue weighted by Gasteiger charge is -2.18. The molecule has 0 aliphatic rings. The molecule has 0 saturated heterocycles. The van der Waals surface area contributed by atoms with Crippen LogP contribution in [0.25, 0.3) is 0 Å². The van der Waals surface area contributed by atoms with E-state index in [1.54, 1.807) is 39.7 Å². The zero-order valence-electron chi connectivity index (χ0n) is 12.7. The smallest absolute Gasteiger partial charge is 0.203 e. The first-order valence-corrected chi connectivity index (χ1v) is 7.20. The van der Waals surface area contributed by atoms with Gasteiger partial charge in [-0.05, 0) is 32.9 Å². The van der Waals surface area contributed by atoms with E-state index in [0.717, 1.165) is 5.56 Å². The Labute approximate surface area is 123 Å². The summed E-state index contributed by atoms with van der Waals surface area (Å²) < 4.78 is 31.3. The lowest BCUT2D eigenvalue weighted by atomic mass is 10.2. The molecule has 1 atom stereocenters. The van der Waals surface area contributed by atoms with Crippen molar-refractivity contribution in [3.8, 4) is 17.2 Å². The van der Waals surface area contributed by atoms with Crippen molar-refractivity contribution in [3.05, 3.63) is 17.7 Å². The molecule has 6 heteroatoms. The number of rotatable bonds is 5. The predicted octanol–water partition coefficient (Wildman–Crippen LogP) is 2.59. The summed E-state index contributed by atoms with van der Waals surface area (Å²) in [6.45, 7) is 5.61. The van der Waals surface area contributed by atoms with Gasteiger partial charge in [-0.1, -0.05) is 4.40 Å². The minimum Gasteiger partial charge on any atom is -0.591 e. The Morgan fingerprint density at radius 3 is 1.90 bits per heavy atom. The lowest BCUT2D eigenvalue weighted by molar-refractivity contribution is 0.324. The van der Waals surface area contributed by atoms with Crippen LogP contribution in [0, 0.1) is 0 Å². The van der Waals surface area contributed by atoms with Crippen LogP contribution in [-0.4, -0.2) is 36.8 Å². The standard InChI is InChI=1S/C14H21NO4S/c1-14(2,3)20(16)15-9-10-7-11(17-4)13(19-6)12(8-10)18-5/h7-9H,1-6H3. The minimum atomic E-state index is -1.31. The first-order chi connectivity index (χ1) is 9.33. The Bertz CT molecular complexity index is 458. The fourth-order valence-electron chi connectivity index (χ4n) is 1.44. The highest BCUT2D eigenvalue weighted by molar-refractivity contribution is 7.91. The van der Waals surface area contributed by atoms with Gasteiger partial charge in [-0.2, -0.15) is 0 Å². The van der Waals surface area contributed by atoms with Crippen molar-refractivity contribution in [2.45, 2.75) is 25.5 Å². The first-order valence-electron chi connectivity index (χ1n) is 6.09. The summed E-state index contributed by atoms with van der Waals surface area (Å²) >= 11 is -1.31. The predicted molar refractivity (Wildman–Crippen MR) is 81.6 cm³/mol. The number of hydrogen-bond donors (Lipinski definition) is 0. The summed E-state index contributed by atoms with van der Waals surface area (Å²) in [4.78, 5) is 0. The number of hydrogen-bond acceptors (Lipinski definition) is 5. The molecule has 1 rings (SSSR count). The van der Waals surface area contributed by atoms with Gasteiger partial charge < -0.3 is 18.8 Å². The molecule has 1 unspecified atom stereocenters. The van der Waals surface area contributed by atoms with Crippen molar-refractivity contribution in [1.29, 1.82) is 0 Å². The topological polar surface area (TPSA) is 63.1 Å². The van der Waals surface area contributed by atoms with Crippen LogP contribution in [0.3, 0.4) is 0 Å². The average molecular weight is 299 g/mol. The van der Waals surface area contributed by atoms with E-state index in [0.29, 0.717) is 17.2 Å². The third-order valence-electron chi connectivity index (χ3n) is 2.51. The van der Waals surface area contributed by atoms with Gasteiger partial charge >= 0.3 is 0 Å². The Balaban J connectivity index is 3.11. The second-order valence-electron chi connectivity index (χ2n) is 5.05. The molecule has 0 amide bonds. The third-order valence-corrected chi connectivity index (χ3v) is 3.85. The van der Waals surface area contributed by atoms with E-state index in [2.05, 4.69) is 4.40 Å². The summed E-state index contributed by atoms with van der Waals surface area (Å²) in [7, 11) is 4.64. The molecule has 0 aromatic heterocycles. The zero-order valence-corrected chi connectivity index (χ0v) is 13.5. The van der Waals surface area contributed by atoms with Crippen LogP contribution in [0.1, 0.15) is 26.3 Å². The Morgan fingerprint density at radius 1 is 1.05 bits per heavy atom. The van der Waals surface area contributed by atoms with Gasteiger partial charge in [0.15, 0.2) is 11.5 Å². The van der Waals surface area contributed by atoms with E-state index in [4.69, 9.17) is 14.2 Å². The van der Waals surface area contributed by atoms with E-state index >= 15 is 0 Å². The highest BCUT2D eigenvalue weighted by atomic mass is 32.2. The third kappa shape index (κ3) is 4.05. The maximum Gasteiger partial charge on any atom is 0.203 e. The number of methoxy groups -OCH3 is 3. The van der Waals surface area contributed by atoms with Gasteiger partial charge in [0.2, 0.25) is 5.75 Å². The minimum absolute atomic E-state index is 0.392. The van der Waals surface area contributed by atoms with E-state index in [-0.39, 0.29) is 0 Å². The van der Waals surface area contributed by atoms with Crippen molar-refractivity contribution in [2.75, 3.05) is 21.3 Å². The zero-order chi connectivity index (χ0) is 15.3. The van der Waals surface area contributed by atoms with Crippen LogP contribution < -0.4 is 14.2 Å². The quantitative estimate of drug-likeness (QED) is 0.619. The molecule has 0 aliphatic carbocycles. The van der Waals surface area contributed by atoms with Crippen LogP contribution in [0.4, 0.5) is 0 Å². The normalized spacial score (nSPS) is 13.3. The molecule has 112 valence electrons. The molecule has 0 saturated carbocycles. The van der Waals surface area contributed by atoms with Crippen LogP contribution in [0.5, 0.6) is 17.2 Å². The molecule has 5 nitrogen and oxygen atoms in total. The lowest BCUT2D eigenvalue weighted by Crippen LogP contribution is -2.25. The van der Waals surface area contributed by atoms with E-state index in [1.807, 2.05) is 20.8 Å². The Morgan fingerprint density at radius 2 is 1.55 bits per heavy atom. The van der Waals surface area contributed by atoms with Crippen molar-refractivity contribution in [3.63, 3.8) is 0 Å². The molecular weight excluding hydrogens is 278 g/mol. The van der Waals surface area contributed by atoms with Gasteiger partial charge in [-0.15, -0.1) is 0 Å². The highest BCUT2D eigenvalue weighted by Crippen LogP contribution is 2.37. The van der Waals surface area contributed by atoms with Crippen molar-refractivity contribution in [2.24, 2.45) is 4.40 Å². The SMILES string of the molecule is COc1cc(C=N[S+]([O-])C(C)(C)C)cc(OC)c1OC. The summed E-state index contributed by atoms with van der Waals surface area (Å²) in [5.74, 6) is 1.59. The molecule has 0 N–H and O–H groups in total. The maximum atomic E-state index is 11.9. The molecule has 20 heavy (non-hydrogen) atoms. The number of ether oxygens (including phenoxy) is 3. The van der Waals surface area contributed by atoms with Crippen LogP contribution in [-0.2, 0) is 11.4 Å². The fraction of sp³-hybridized carbons (Fsp3) is 0.500. The van der Waals surface area contributed by atoms with Gasteiger partial charge in [0.25, 0.3) is 0 Å². The number of nitrogens with zero attached hydrogens (tertiary/aromatic N) is 1. The van der Waals surface area contributed by atoms with Crippen molar-refractivity contribution < 1.29 is 18.8 Å². The Hall–Kier alpha value is -1.40. The van der Waals surface area contributed by atoms with Gasteiger partial charge in [-0.3, -0.25) is 0 Å². The molecule has 0 fully saturated rings. The fourth-order valence-corrected chi connectivity index (χ4v) is 1.98.